The normalized spacial score (nSPS) is 20.2. The van der Waals surface area contributed by atoms with Crippen LogP contribution in [0.3, 0.4) is 0 Å². The number of nitrogens with one attached hydrogen (secondary N) is 1. The molecule has 0 unspecified atom stereocenters. The molecule has 1 aromatic heterocycles. The van der Waals surface area contributed by atoms with Crippen LogP contribution in [0.4, 0.5) is 29.5 Å². The minimum atomic E-state index is -4.25. The molecule has 12 heteroatoms. The minimum Gasteiger partial charge on any atom is -0.389 e. The molecule has 0 radical (unpaired) electrons. The Labute approximate surface area is 224 Å². The molecule has 1 atom stereocenters. The molecule has 2 aromatic rings. The fraction of sp³-hybridized carbons (Fsp3) is 0.519. The molecule has 9 nitrogen and oxygen atoms in total. The van der Waals surface area contributed by atoms with Crippen LogP contribution in [0.15, 0.2) is 30.3 Å². The van der Waals surface area contributed by atoms with Crippen LogP contribution in [-0.4, -0.2) is 96.6 Å². The highest BCUT2D eigenvalue weighted by Crippen LogP contribution is 2.33. The number of amides is 3. The third-order valence-electron chi connectivity index (χ3n) is 7.41. The summed E-state index contributed by atoms with van der Waals surface area (Å²) in [5.41, 5.74) is 3.22. The SMILES string of the molecule is Cc1ccc(NC(=O)N2CC[C@@H](CC(F)(F)F)C2)cc1-c1cc(C(=O)N2CC(O)C2)nc(N2CCOCC2)c1. The highest BCUT2D eigenvalue weighted by molar-refractivity contribution is 5.95. The van der Waals surface area contributed by atoms with E-state index in [4.69, 9.17) is 4.74 Å². The van der Waals surface area contributed by atoms with Gasteiger partial charge in [0.1, 0.15) is 11.5 Å². The summed E-state index contributed by atoms with van der Waals surface area (Å²) >= 11 is 0. The average Bonchev–Trinajstić information content (AvgIpc) is 3.35. The van der Waals surface area contributed by atoms with Gasteiger partial charge in [0.05, 0.1) is 19.3 Å². The number of aliphatic hydroxyl groups is 1. The van der Waals surface area contributed by atoms with Crippen LogP contribution < -0.4 is 10.2 Å². The Kier molecular flexibility index (Phi) is 7.68. The lowest BCUT2D eigenvalue weighted by molar-refractivity contribution is -0.143. The van der Waals surface area contributed by atoms with Crippen molar-refractivity contribution in [1.29, 1.82) is 0 Å². The number of carbonyl (C=O) groups excluding carboxylic acids is 2. The Bertz CT molecular complexity index is 1230. The molecule has 5 rings (SSSR count). The number of hydrogen-bond acceptors (Lipinski definition) is 6. The van der Waals surface area contributed by atoms with Gasteiger partial charge in [-0.15, -0.1) is 0 Å². The van der Waals surface area contributed by atoms with Crippen molar-refractivity contribution in [2.45, 2.75) is 32.0 Å². The predicted octanol–water partition coefficient (Wildman–Crippen LogP) is 3.52. The van der Waals surface area contributed by atoms with E-state index in [9.17, 15) is 27.9 Å². The molecular weight excluding hydrogens is 515 g/mol. The third-order valence-corrected chi connectivity index (χ3v) is 7.41. The number of rotatable bonds is 5. The molecule has 0 aliphatic carbocycles. The number of alkyl halides is 3. The second-order valence-electron chi connectivity index (χ2n) is 10.4. The number of likely N-dealkylation sites (tertiary alicyclic amines) is 2. The van der Waals surface area contributed by atoms with E-state index in [2.05, 4.69) is 15.2 Å². The van der Waals surface area contributed by atoms with Crippen LogP contribution in [0, 0.1) is 12.8 Å². The van der Waals surface area contributed by atoms with Gasteiger partial charge in [-0.2, -0.15) is 13.2 Å². The molecule has 3 aliphatic rings. The first-order chi connectivity index (χ1) is 18.6. The first-order valence-corrected chi connectivity index (χ1v) is 13.1. The molecule has 0 spiro atoms. The summed E-state index contributed by atoms with van der Waals surface area (Å²) in [5.74, 6) is -0.216. The summed E-state index contributed by atoms with van der Waals surface area (Å²) in [6.45, 7) is 5.15. The number of β-amino-alcohol motifs (C(OH)–C–C–N with tert-alkyl or cyclic N) is 1. The van der Waals surface area contributed by atoms with E-state index >= 15 is 0 Å². The molecule has 39 heavy (non-hydrogen) atoms. The number of aromatic nitrogens is 1. The maximum Gasteiger partial charge on any atom is 0.389 e. The number of hydrogen-bond donors (Lipinski definition) is 2. The molecule has 2 N–H and O–H groups in total. The monoisotopic (exact) mass is 547 g/mol. The zero-order chi connectivity index (χ0) is 27.7. The molecule has 3 fully saturated rings. The molecule has 3 amide bonds. The van der Waals surface area contributed by atoms with Crippen molar-refractivity contribution >= 4 is 23.4 Å². The Balaban J connectivity index is 1.38. The number of urea groups is 1. The largest absolute Gasteiger partial charge is 0.389 e. The third kappa shape index (κ3) is 6.44. The van der Waals surface area contributed by atoms with Crippen molar-refractivity contribution in [2.75, 3.05) is 62.7 Å². The van der Waals surface area contributed by atoms with Gasteiger partial charge in [0, 0.05) is 51.4 Å². The van der Waals surface area contributed by atoms with Crippen molar-refractivity contribution in [3.8, 4) is 11.1 Å². The summed E-state index contributed by atoms with van der Waals surface area (Å²) in [4.78, 5) is 35.6. The highest BCUT2D eigenvalue weighted by Gasteiger charge is 2.36. The number of aryl methyl sites for hydroxylation is 1. The second kappa shape index (κ2) is 11.0. The van der Waals surface area contributed by atoms with Crippen LogP contribution in [0.25, 0.3) is 11.1 Å². The van der Waals surface area contributed by atoms with Crippen LogP contribution >= 0.6 is 0 Å². The van der Waals surface area contributed by atoms with Crippen molar-refractivity contribution in [3.63, 3.8) is 0 Å². The first-order valence-electron chi connectivity index (χ1n) is 13.1. The zero-order valence-electron chi connectivity index (χ0n) is 21.7. The molecular formula is C27H32F3N5O4. The topological polar surface area (TPSA) is 98.2 Å². The van der Waals surface area contributed by atoms with E-state index in [0.29, 0.717) is 44.2 Å². The summed E-state index contributed by atoms with van der Waals surface area (Å²) < 4.78 is 43.8. The molecule has 3 aliphatic heterocycles. The fourth-order valence-corrected chi connectivity index (χ4v) is 5.24. The standard InChI is InChI=1S/C27H32F3N5O4/c1-17-2-3-20(31-26(38)34-5-4-18(14-34)13-27(28,29)30)12-22(17)19-10-23(25(37)35-15-21(36)16-35)32-24(11-19)33-6-8-39-9-7-33/h2-3,10-12,18,21,36H,4-9,13-16H2,1H3,(H,31,38)/t18-/m0/s1. The van der Waals surface area contributed by atoms with Gasteiger partial charge in [0.25, 0.3) is 5.91 Å². The van der Waals surface area contributed by atoms with E-state index in [1.54, 1.807) is 23.1 Å². The van der Waals surface area contributed by atoms with Crippen LogP contribution in [0.5, 0.6) is 0 Å². The Morgan fingerprint density at radius 2 is 1.82 bits per heavy atom. The highest BCUT2D eigenvalue weighted by atomic mass is 19.4. The number of anilines is 2. The van der Waals surface area contributed by atoms with Gasteiger partial charge in [-0.25, -0.2) is 9.78 Å². The lowest BCUT2D eigenvalue weighted by Gasteiger charge is -2.36. The first kappa shape index (κ1) is 27.2. The number of ether oxygens (including phenoxy) is 1. The van der Waals surface area contributed by atoms with Gasteiger partial charge in [-0.1, -0.05) is 6.07 Å². The lowest BCUT2D eigenvalue weighted by Crippen LogP contribution is -2.53. The van der Waals surface area contributed by atoms with E-state index in [0.717, 1.165) is 16.7 Å². The molecule has 0 saturated carbocycles. The van der Waals surface area contributed by atoms with E-state index in [1.807, 2.05) is 19.1 Å². The van der Waals surface area contributed by atoms with E-state index < -0.39 is 30.7 Å². The summed E-state index contributed by atoms with van der Waals surface area (Å²) in [6.07, 6.45) is -5.35. The van der Waals surface area contributed by atoms with E-state index in [1.165, 1.54) is 4.90 Å². The molecule has 0 bridgehead atoms. The summed E-state index contributed by atoms with van der Waals surface area (Å²) in [5, 5.41) is 12.5. The number of halogens is 3. The number of morpholine rings is 1. The van der Waals surface area contributed by atoms with Crippen molar-refractivity contribution in [2.24, 2.45) is 5.92 Å². The number of aliphatic hydroxyl groups excluding tert-OH is 1. The second-order valence-corrected chi connectivity index (χ2v) is 10.4. The maximum absolute atomic E-state index is 13.1. The van der Waals surface area contributed by atoms with Crippen LogP contribution in [0.2, 0.25) is 0 Å². The van der Waals surface area contributed by atoms with Crippen LogP contribution in [-0.2, 0) is 4.74 Å². The molecule has 210 valence electrons. The molecule has 4 heterocycles. The van der Waals surface area contributed by atoms with Gasteiger partial charge in [0.15, 0.2) is 0 Å². The summed E-state index contributed by atoms with van der Waals surface area (Å²) in [7, 11) is 0. The summed E-state index contributed by atoms with van der Waals surface area (Å²) in [6, 6.07) is 8.58. The number of pyridine rings is 1. The predicted molar refractivity (Wildman–Crippen MR) is 139 cm³/mol. The maximum atomic E-state index is 13.1. The number of benzene rings is 1. The quantitative estimate of drug-likeness (QED) is 0.595. The minimum absolute atomic E-state index is 0.0635. The van der Waals surface area contributed by atoms with Crippen molar-refractivity contribution in [3.05, 3.63) is 41.6 Å². The average molecular weight is 548 g/mol. The molecule has 3 saturated heterocycles. The van der Waals surface area contributed by atoms with Gasteiger partial charge >= 0.3 is 12.2 Å². The van der Waals surface area contributed by atoms with Crippen molar-refractivity contribution < 1.29 is 32.6 Å². The number of carbonyl (C=O) groups is 2. The number of nitrogens with zero attached hydrogens (tertiary/aromatic N) is 4. The van der Waals surface area contributed by atoms with Gasteiger partial charge in [-0.3, -0.25) is 4.79 Å². The Morgan fingerprint density at radius 1 is 1.08 bits per heavy atom. The Hall–Kier alpha value is -3.38. The van der Waals surface area contributed by atoms with Gasteiger partial charge < -0.3 is 29.9 Å². The van der Waals surface area contributed by atoms with Gasteiger partial charge in [0.2, 0.25) is 0 Å². The van der Waals surface area contributed by atoms with E-state index in [-0.39, 0.29) is 37.8 Å². The Morgan fingerprint density at radius 3 is 2.51 bits per heavy atom. The zero-order valence-corrected chi connectivity index (χ0v) is 21.7. The lowest BCUT2D eigenvalue weighted by atomic mass is 9.99. The fourth-order valence-electron chi connectivity index (χ4n) is 5.24. The van der Waals surface area contributed by atoms with Gasteiger partial charge in [-0.05, 0) is 60.2 Å². The molecule has 1 aromatic carbocycles. The smallest absolute Gasteiger partial charge is 0.389 e. The van der Waals surface area contributed by atoms with Crippen LogP contribution in [0.1, 0.15) is 28.9 Å². The van der Waals surface area contributed by atoms with Crippen molar-refractivity contribution in [1.82, 2.24) is 14.8 Å².